The van der Waals surface area contributed by atoms with Crippen molar-refractivity contribution in [3.8, 4) is 0 Å². The summed E-state index contributed by atoms with van der Waals surface area (Å²) in [4.78, 5) is 0. The molecule has 0 aromatic carbocycles. The van der Waals surface area contributed by atoms with Crippen LogP contribution in [-0.2, 0) is 0 Å². The quantitative estimate of drug-likeness (QED) is 0.539. The largest absolute Gasteiger partial charge is 0.258 e. The van der Waals surface area contributed by atoms with Gasteiger partial charge in [0.25, 0.3) is 0 Å². The van der Waals surface area contributed by atoms with Crippen LogP contribution in [0, 0.1) is 5.92 Å². The van der Waals surface area contributed by atoms with Crippen LogP contribution in [0.2, 0.25) is 0 Å². The highest BCUT2D eigenvalue weighted by atomic mass is 15.3. The monoisotopic (exact) mass is 144 g/mol. The second-order valence-electron chi connectivity index (χ2n) is 2.54. The Morgan fingerprint density at radius 2 is 1.40 bits per heavy atom. The summed E-state index contributed by atoms with van der Waals surface area (Å²) in [7, 11) is 0. The van der Waals surface area contributed by atoms with Gasteiger partial charge in [0.2, 0.25) is 0 Å². The minimum Gasteiger partial charge on any atom is -0.258 e. The summed E-state index contributed by atoms with van der Waals surface area (Å²) in [5, 5.41) is 0. The van der Waals surface area contributed by atoms with Gasteiger partial charge in [0, 0.05) is 13.1 Å². The fraction of sp³-hybridized carbons (Fsp3) is 1.00. The lowest BCUT2D eigenvalue weighted by Crippen LogP contribution is -2.30. The molecule has 2 nitrogen and oxygen atoms in total. The highest BCUT2D eigenvalue weighted by Gasteiger charge is 2.03. The normalized spacial score (nSPS) is 20.7. The molecule has 2 heteroatoms. The lowest BCUT2D eigenvalue weighted by molar-refractivity contribution is 0.530. The van der Waals surface area contributed by atoms with Gasteiger partial charge in [-0.2, -0.15) is 0 Å². The van der Waals surface area contributed by atoms with E-state index in [1.54, 1.807) is 0 Å². The Morgan fingerprint density at radius 3 is 1.80 bits per heavy atom. The van der Waals surface area contributed by atoms with E-state index in [1.165, 1.54) is 12.8 Å². The van der Waals surface area contributed by atoms with Crippen LogP contribution in [-0.4, -0.2) is 13.1 Å². The molecule has 1 heterocycles. The maximum atomic E-state index is 3.13. The fourth-order valence-corrected chi connectivity index (χ4v) is 0.958. The molecule has 1 fully saturated rings. The van der Waals surface area contributed by atoms with Crippen molar-refractivity contribution in [2.45, 2.75) is 33.6 Å². The predicted molar refractivity (Wildman–Crippen MR) is 45.8 cm³/mol. The van der Waals surface area contributed by atoms with Gasteiger partial charge in [-0.05, 0) is 18.8 Å². The van der Waals surface area contributed by atoms with Crippen LogP contribution in [0.3, 0.4) is 0 Å². The minimum absolute atomic E-state index is 0.900. The van der Waals surface area contributed by atoms with Crippen LogP contribution < -0.4 is 10.9 Å². The molecule has 2 N–H and O–H groups in total. The molecule has 1 aliphatic heterocycles. The van der Waals surface area contributed by atoms with E-state index in [-0.39, 0.29) is 0 Å². The van der Waals surface area contributed by atoms with E-state index < -0.39 is 0 Å². The highest BCUT2D eigenvalue weighted by Crippen LogP contribution is 2.05. The number of nitrogens with one attached hydrogen (secondary N) is 2. The van der Waals surface area contributed by atoms with E-state index in [1.807, 2.05) is 13.8 Å². The molecule has 1 aliphatic rings. The molecule has 0 unspecified atom stereocenters. The zero-order chi connectivity index (χ0) is 7.82. The van der Waals surface area contributed by atoms with E-state index in [0.717, 1.165) is 19.0 Å². The van der Waals surface area contributed by atoms with E-state index in [9.17, 15) is 0 Å². The van der Waals surface area contributed by atoms with Gasteiger partial charge < -0.3 is 0 Å². The van der Waals surface area contributed by atoms with Gasteiger partial charge >= 0.3 is 0 Å². The van der Waals surface area contributed by atoms with Crippen LogP contribution >= 0.6 is 0 Å². The van der Waals surface area contributed by atoms with Gasteiger partial charge in [-0.1, -0.05) is 20.8 Å². The molecule has 0 saturated carbocycles. The molecule has 0 aromatic heterocycles. The van der Waals surface area contributed by atoms with E-state index in [0.29, 0.717) is 0 Å². The third kappa shape index (κ3) is 4.77. The fourth-order valence-electron chi connectivity index (χ4n) is 0.958. The first-order valence-electron chi connectivity index (χ1n) is 4.35. The number of hydrazine groups is 1. The standard InChI is InChI=1S/C6H14N2.C2H6/c1-6-2-4-7-8-5-3-6;1-2/h6-8H,2-5H2,1H3;1-2H3. The van der Waals surface area contributed by atoms with Gasteiger partial charge in [0.1, 0.15) is 0 Å². The van der Waals surface area contributed by atoms with Crippen LogP contribution in [0.4, 0.5) is 0 Å². The smallest absolute Gasteiger partial charge is 0.0102 e. The molecule has 62 valence electrons. The van der Waals surface area contributed by atoms with Crippen LogP contribution in [0.15, 0.2) is 0 Å². The molecule has 0 radical (unpaired) electrons. The number of hydrogen-bond donors (Lipinski definition) is 2. The van der Waals surface area contributed by atoms with Gasteiger partial charge in [-0.25, -0.2) is 0 Å². The van der Waals surface area contributed by atoms with Gasteiger partial charge in [-0.3, -0.25) is 10.9 Å². The summed E-state index contributed by atoms with van der Waals surface area (Å²) in [6.45, 7) is 8.55. The zero-order valence-corrected chi connectivity index (χ0v) is 7.41. The number of hydrogen-bond acceptors (Lipinski definition) is 2. The topological polar surface area (TPSA) is 24.1 Å². The molecule has 1 rings (SSSR count). The maximum Gasteiger partial charge on any atom is 0.0102 e. The summed E-state index contributed by atoms with van der Waals surface area (Å²) >= 11 is 0. The van der Waals surface area contributed by atoms with Crippen molar-refractivity contribution in [3.63, 3.8) is 0 Å². The molecule has 1 saturated heterocycles. The molecule has 0 spiro atoms. The minimum atomic E-state index is 0.900. The Morgan fingerprint density at radius 1 is 1.00 bits per heavy atom. The van der Waals surface area contributed by atoms with Crippen LogP contribution in [0.5, 0.6) is 0 Å². The van der Waals surface area contributed by atoms with Crippen molar-refractivity contribution in [1.82, 2.24) is 10.9 Å². The third-order valence-electron chi connectivity index (χ3n) is 1.65. The first kappa shape index (κ1) is 9.92. The molecule has 0 aromatic rings. The average molecular weight is 144 g/mol. The summed E-state index contributed by atoms with van der Waals surface area (Å²) < 4.78 is 0. The van der Waals surface area contributed by atoms with Crippen LogP contribution in [0.25, 0.3) is 0 Å². The van der Waals surface area contributed by atoms with Gasteiger partial charge in [0.05, 0.1) is 0 Å². The van der Waals surface area contributed by atoms with Gasteiger partial charge in [-0.15, -0.1) is 0 Å². The molecule has 0 aliphatic carbocycles. The summed E-state index contributed by atoms with van der Waals surface area (Å²) in [5.41, 5.74) is 6.26. The summed E-state index contributed by atoms with van der Waals surface area (Å²) in [6.07, 6.45) is 2.62. The van der Waals surface area contributed by atoms with Crippen molar-refractivity contribution in [2.75, 3.05) is 13.1 Å². The SMILES string of the molecule is CC.CC1CCNNCC1. The molecule has 0 amide bonds. The summed E-state index contributed by atoms with van der Waals surface area (Å²) in [6, 6.07) is 0. The third-order valence-corrected chi connectivity index (χ3v) is 1.65. The first-order chi connectivity index (χ1) is 4.89. The zero-order valence-electron chi connectivity index (χ0n) is 7.41. The Bertz CT molecular complexity index is 56.3. The lowest BCUT2D eigenvalue weighted by Gasteiger charge is -2.01. The maximum absolute atomic E-state index is 3.13. The van der Waals surface area contributed by atoms with Crippen molar-refractivity contribution < 1.29 is 0 Å². The molecular weight excluding hydrogens is 124 g/mol. The Kier molecular flexibility index (Phi) is 6.98. The second-order valence-corrected chi connectivity index (χ2v) is 2.54. The molecule has 10 heavy (non-hydrogen) atoms. The number of rotatable bonds is 0. The van der Waals surface area contributed by atoms with E-state index in [2.05, 4.69) is 17.8 Å². The van der Waals surface area contributed by atoms with E-state index >= 15 is 0 Å². The second kappa shape index (κ2) is 7.03. The molecule has 0 bridgehead atoms. The average Bonchev–Trinajstić information content (AvgIpc) is 2.21. The Balaban J connectivity index is 0.000000371. The first-order valence-corrected chi connectivity index (χ1v) is 4.35. The Labute approximate surface area is 64.4 Å². The summed E-state index contributed by atoms with van der Waals surface area (Å²) in [5.74, 6) is 0.900. The molecule has 0 atom stereocenters. The van der Waals surface area contributed by atoms with Crippen molar-refractivity contribution >= 4 is 0 Å². The van der Waals surface area contributed by atoms with Crippen molar-refractivity contribution in [3.05, 3.63) is 0 Å². The van der Waals surface area contributed by atoms with Crippen molar-refractivity contribution in [1.29, 1.82) is 0 Å². The predicted octanol–water partition coefficient (Wildman–Crippen LogP) is 1.54. The lowest BCUT2D eigenvalue weighted by atomic mass is 10.1. The van der Waals surface area contributed by atoms with Gasteiger partial charge in [0.15, 0.2) is 0 Å². The van der Waals surface area contributed by atoms with E-state index in [4.69, 9.17) is 0 Å². The van der Waals surface area contributed by atoms with Crippen LogP contribution in [0.1, 0.15) is 33.6 Å². The Hall–Kier alpha value is -0.0800. The highest BCUT2D eigenvalue weighted by molar-refractivity contribution is 4.59. The molecular formula is C8H20N2. The van der Waals surface area contributed by atoms with Crippen molar-refractivity contribution in [2.24, 2.45) is 5.92 Å².